The highest BCUT2D eigenvalue weighted by Crippen LogP contribution is 2.37. The Morgan fingerprint density at radius 2 is 1.75 bits per heavy atom. The lowest BCUT2D eigenvalue weighted by Gasteiger charge is -2.15. The fourth-order valence-electron chi connectivity index (χ4n) is 4.30. The van der Waals surface area contributed by atoms with Crippen molar-refractivity contribution in [2.45, 2.75) is 73.1 Å². The number of benzene rings is 2. The van der Waals surface area contributed by atoms with Crippen molar-refractivity contribution in [3.63, 3.8) is 0 Å². The van der Waals surface area contributed by atoms with Crippen LogP contribution in [0.15, 0.2) is 52.7 Å². The molecule has 0 aliphatic heterocycles. The molecule has 0 saturated carbocycles. The molecule has 1 aromatic heterocycles. The molecule has 210 valence electrons. The van der Waals surface area contributed by atoms with E-state index < -0.39 is 23.4 Å². The smallest absolute Gasteiger partial charge is 0.162 e. The number of aromatic nitrogens is 1. The Kier molecular flexibility index (Phi) is 12.2. The zero-order valence-corrected chi connectivity index (χ0v) is 24.5. The molecule has 1 heterocycles. The van der Waals surface area contributed by atoms with E-state index in [0.717, 1.165) is 30.5 Å². The van der Waals surface area contributed by atoms with Crippen LogP contribution in [-0.2, 0) is 6.42 Å². The molecule has 0 spiro atoms. The Labute approximate surface area is 239 Å². The maximum Gasteiger partial charge on any atom is 0.162 e. The van der Waals surface area contributed by atoms with Crippen molar-refractivity contribution in [1.29, 1.82) is 10.5 Å². The molecule has 0 amide bonds. The predicted octanol–water partition coefficient (Wildman–Crippen LogP) is 9.78. The van der Waals surface area contributed by atoms with Gasteiger partial charge in [0.05, 0.1) is 11.1 Å². The van der Waals surface area contributed by atoms with Crippen molar-refractivity contribution in [2.24, 2.45) is 4.99 Å². The summed E-state index contributed by atoms with van der Waals surface area (Å²) >= 11 is 5.96. The van der Waals surface area contributed by atoms with Crippen LogP contribution in [0.3, 0.4) is 0 Å². The second-order valence-corrected chi connectivity index (χ2v) is 9.94. The zero-order valence-electron chi connectivity index (χ0n) is 23.7. The molecular weight excluding hydrogens is 533 g/mol. The van der Waals surface area contributed by atoms with Gasteiger partial charge in [-0.2, -0.15) is 10.5 Å². The number of aromatic amines is 1. The maximum absolute atomic E-state index is 14.7. The summed E-state index contributed by atoms with van der Waals surface area (Å²) in [5.41, 5.74) is 4.18. The molecule has 3 rings (SSSR count). The van der Waals surface area contributed by atoms with E-state index in [-0.39, 0.29) is 21.9 Å². The number of unbranched alkanes of at least 4 members (excludes halogenated alkanes) is 1. The number of hydrogen-bond acceptors (Lipinski definition) is 3. The summed E-state index contributed by atoms with van der Waals surface area (Å²) in [7, 11) is 0. The van der Waals surface area contributed by atoms with Crippen molar-refractivity contribution in [2.75, 3.05) is 0 Å². The van der Waals surface area contributed by atoms with Gasteiger partial charge in [-0.15, -0.1) is 0 Å². The first-order valence-electron chi connectivity index (χ1n) is 13.2. The zero-order chi connectivity index (χ0) is 30.0. The molecule has 0 bridgehead atoms. The Bertz CT molecular complexity index is 1530. The van der Waals surface area contributed by atoms with Gasteiger partial charge in [0.2, 0.25) is 0 Å². The monoisotopic (exact) mass is 566 g/mol. The minimum Gasteiger partial charge on any atom is -0.358 e. The number of nitrogens with one attached hydrogen (secondary N) is 1. The van der Waals surface area contributed by atoms with Crippen LogP contribution in [0.1, 0.15) is 82.2 Å². The molecule has 0 radical (unpaired) electrons. The molecule has 2 aromatic carbocycles. The number of rotatable bonds is 8. The lowest BCUT2D eigenvalue weighted by molar-refractivity contribution is 0.490. The number of H-pyrrole nitrogens is 1. The largest absolute Gasteiger partial charge is 0.358 e. The van der Waals surface area contributed by atoms with Gasteiger partial charge in [-0.1, -0.05) is 57.0 Å². The average molecular weight is 567 g/mol. The fraction of sp³-hybridized carbons (Fsp3) is 0.344. The summed E-state index contributed by atoms with van der Waals surface area (Å²) in [6.07, 6.45) is 6.73. The van der Waals surface area contributed by atoms with E-state index in [0.29, 0.717) is 28.6 Å². The molecule has 0 saturated heterocycles. The molecule has 0 aliphatic rings. The number of nitrogens with zero attached hydrogens (tertiary/aromatic N) is 3. The maximum atomic E-state index is 14.7. The number of hydrogen-bond donors (Lipinski definition) is 1. The highest BCUT2D eigenvalue weighted by Gasteiger charge is 2.24. The van der Waals surface area contributed by atoms with E-state index in [4.69, 9.17) is 22.1 Å². The molecule has 4 nitrogen and oxygen atoms in total. The van der Waals surface area contributed by atoms with Gasteiger partial charge in [0.15, 0.2) is 17.5 Å². The van der Waals surface area contributed by atoms with Gasteiger partial charge in [-0.05, 0) is 74.9 Å². The molecular formula is C32H34ClF3N4. The van der Waals surface area contributed by atoms with Gasteiger partial charge in [0.1, 0.15) is 11.8 Å². The lowest BCUT2D eigenvalue weighted by Crippen LogP contribution is -2.06. The number of fused-ring (bicyclic) bond motifs is 1. The normalized spacial score (nSPS) is 12.9. The lowest BCUT2D eigenvalue weighted by atomic mass is 9.91. The van der Waals surface area contributed by atoms with E-state index >= 15 is 0 Å². The molecule has 0 aliphatic carbocycles. The van der Waals surface area contributed by atoms with Crippen molar-refractivity contribution in [1.82, 2.24) is 4.98 Å². The molecule has 3 aromatic rings. The van der Waals surface area contributed by atoms with Crippen molar-refractivity contribution >= 4 is 28.2 Å². The summed E-state index contributed by atoms with van der Waals surface area (Å²) in [5.74, 6) is -2.60. The van der Waals surface area contributed by atoms with E-state index in [1.54, 1.807) is 32.0 Å². The van der Waals surface area contributed by atoms with Crippen molar-refractivity contribution < 1.29 is 13.2 Å². The predicted molar refractivity (Wildman–Crippen MR) is 157 cm³/mol. The van der Waals surface area contributed by atoms with Crippen LogP contribution < -0.4 is 0 Å². The Morgan fingerprint density at radius 1 is 1.05 bits per heavy atom. The minimum atomic E-state index is -0.851. The van der Waals surface area contributed by atoms with Crippen LogP contribution in [0.4, 0.5) is 13.2 Å². The number of allylic oxidation sites excluding steroid dienone is 4. The second kappa shape index (κ2) is 15.1. The SMILES string of the molecule is CC/C=C(C)/N=C(C#N)/C=C(\C)C#N.CCCCc1c(C(C)c2ccc(C)c(F)c2F)[nH]c2ccc(Cl)c(F)c12. The standard InChI is InChI=1S/C21H21ClF3N.C11H13N3/c1-4-5-6-14-17-16(10-9-15(22)20(17)25)26-21(14)12(3)13-8-7-11(2)18(23)19(13)24;1-4-5-10(3)14-11(8-13)6-9(2)7-12/h7-10,12,26H,4-6H2,1-3H3;5-6H,4H2,1-3H3/b;9-6+,10-5+,14-11-. The van der Waals surface area contributed by atoms with Gasteiger partial charge >= 0.3 is 0 Å². The summed E-state index contributed by atoms with van der Waals surface area (Å²) < 4.78 is 43.2. The van der Waals surface area contributed by atoms with E-state index in [9.17, 15) is 13.2 Å². The highest BCUT2D eigenvalue weighted by molar-refractivity contribution is 6.31. The first kappa shape index (κ1) is 32.4. The van der Waals surface area contributed by atoms with Crippen LogP contribution in [-0.4, -0.2) is 10.7 Å². The second-order valence-electron chi connectivity index (χ2n) is 9.53. The van der Waals surface area contributed by atoms with Crippen LogP contribution >= 0.6 is 11.6 Å². The summed E-state index contributed by atoms with van der Waals surface area (Å²) in [6, 6.07) is 10.3. The molecule has 0 fully saturated rings. The Morgan fingerprint density at radius 3 is 2.35 bits per heavy atom. The van der Waals surface area contributed by atoms with Crippen molar-refractivity contribution in [3.8, 4) is 12.1 Å². The van der Waals surface area contributed by atoms with E-state index in [2.05, 4.69) is 16.9 Å². The topological polar surface area (TPSA) is 75.7 Å². The quantitative estimate of drug-likeness (QED) is 0.217. The molecule has 40 heavy (non-hydrogen) atoms. The average Bonchev–Trinajstić information content (AvgIpc) is 3.31. The summed E-state index contributed by atoms with van der Waals surface area (Å²) in [6.45, 7) is 10.9. The first-order chi connectivity index (χ1) is 19.0. The summed E-state index contributed by atoms with van der Waals surface area (Å²) in [4.78, 5) is 7.27. The summed E-state index contributed by atoms with van der Waals surface area (Å²) in [5, 5.41) is 17.7. The van der Waals surface area contributed by atoms with Gasteiger partial charge in [0.25, 0.3) is 0 Å². The molecule has 1 atom stereocenters. The van der Waals surface area contributed by atoms with Crippen LogP contribution in [0.25, 0.3) is 10.9 Å². The number of aliphatic imine (C=N–C) groups is 1. The highest BCUT2D eigenvalue weighted by atomic mass is 35.5. The Hall–Kier alpha value is -3.81. The molecule has 8 heteroatoms. The fourth-order valence-corrected chi connectivity index (χ4v) is 4.45. The van der Waals surface area contributed by atoms with Gasteiger partial charge in [-0.25, -0.2) is 18.2 Å². The minimum absolute atomic E-state index is 0.0565. The van der Waals surface area contributed by atoms with Crippen LogP contribution in [0.2, 0.25) is 5.02 Å². The Balaban J connectivity index is 0.000000342. The van der Waals surface area contributed by atoms with E-state index in [1.165, 1.54) is 19.1 Å². The number of aryl methyl sites for hydroxylation is 2. The van der Waals surface area contributed by atoms with E-state index in [1.807, 2.05) is 32.1 Å². The third-order valence-electron chi connectivity index (χ3n) is 6.42. The van der Waals surface area contributed by atoms with Crippen LogP contribution in [0.5, 0.6) is 0 Å². The van der Waals surface area contributed by atoms with Crippen molar-refractivity contribution in [3.05, 3.63) is 92.5 Å². The molecule has 1 unspecified atom stereocenters. The van der Waals surface area contributed by atoms with Gasteiger partial charge < -0.3 is 4.98 Å². The van der Waals surface area contributed by atoms with Gasteiger partial charge in [-0.3, -0.25) is 0 Å². The third kappa shape index (κ3) is 7.87. The first-order valence-corrected chi connectivity index (χ1v) is 13.5. The number of halogens is 4. The number of nitriles is 2. The molecule has 1 N–H and O–H groups in total. The van der Waals surface area contributed by atoms with Gasteiger partial charge in [0, 0.05) is 33.8 Å². The van der Waals surface area contributed by atoms with Crippen LogP contribution in [0, 0.1) is 47.0 Å². The third-order valence-corrected chi connectivity index (χ3v) is 6.71.